The molecule has 3 rings (SSSR count). The van der Waals surface area contributed by atoms with E-state index in [2.05, 4.69) is 10.3 Å². The zero-order valence-corrected chi connectivity index (χ0v) is 16.2. The molecular formula is C15H18ClN3O4S2. The quantitative estimate of drug-likeness (QED) is 0.847. The largest absolute Gasteiger partial charge is 0.494 e. The van der Waals surface area contributed by atoms with E-state index >= 15 is 0 Å². The predicted octanol–water partition coefficient (Wildman–Crippen LogP) is 2.57. The predicted molar refractivity (Wildman–Crippen MR) is 99.0 cm³/mol. The van der Waals surface area contributed by atoms with Crippen LogP contribution in [0.3, 0.4) is 0 Å². The van der Waals surface area contributed by atoms with E-state index in [1.165, 1.54) is 15.6 Å². The molecule has 2 aromatic rings. The second-order valence-corrected chi connectivity index (χ2v) is 9.28. The van der Waals surface area contributed by atoms with Gasteiger partial charge in [0, 0.05) is 13.1 Å². The highest BCUT2D eigenvalue weighted by atomic mass is 35.5. The summed E-state index contributed by atoms with van der Waals surface area (Å²) in [4.78, 5) is 16.9. The summed E-state index contributed by atoms with van der Waals surface area (Å²) in [6.07, 6.45) is 2.46. The maximum atomic E-state index is 12.5. The van der Waals surface area contributed by atoms with Gasteiger partial charge in [0.15, 0.2) is 5.13 Å². The molecule has 25 heavy (non-hydrogen) atoms. The van der Waals surface area contributed by atoms with Gasteiger partial charge in [-0.15, -0.1) is 0 Å². The molecule has 1 aliphatic rings. The number of methoxy groups -OCH3 is 1. The molecule has 0 aliphatic carbocycles. The molecule has 1 amide bonds. The lowest BCUT2D eigenvalue weighted by molar-refractivity contribution is -0.120. The fraction of sp³-hybridized carbons (Fsp3) is 0.467. The van der Waals surface area contributed by atoms with Crippen molar-refractivity contribution >= 4 is 54.2 Å². The number of benzene rings is 1. The molecule has 10 heteroatoms. The van der Waals surface area contributed by atoms with Gasteiger partial charge in [-0.05, 0) is 25.0 Å². The van der Waals surface area contributed by atoms with Crippen LogP contribution in [0.4, 0.5) is 5.13 Å². The molecule has 1 atom stereocenters. The number of carbonyl (C=O) groups excluding carboxylic acids is 1. The Morgan fingerprint density at radius 3 is 2.92 bits per heavy atom. The zero-order valence-electron chi connectivity index (χ0n) is 13.8. The van der Waals surface area contributed by atoms with Crippen LogP contribution in [0.1, 0.15) is 12.8 Å². The molecule has 0 saturated carbocycles. The molecule has 1 aromatic heterocycles. The van der Waals surface area contributed by atoms with E-state index in [4.69, 9.17) is 16.3 Å². The van der Waals surface area contributed by atoms with Crippen molar-refractivity contribution in [3.05, 3.63) is 17.2 Å². The van der Waals surface area contributed by atoms with E-state index in [9.17, 15) is 13.2 Å². The number of nitrogens with zero attached hydrogens (tertiary/aromatic N) is 2. The maximum absolute atomic E-state index is 12.5. The Hall–Kier alpha value is -1.42. The molecule has 7 nitrogen and oxygen atoms in total. The summed E-state index contributed by atoms with van der Waals surface area (Å²) in [5.74, 6) is -0.0487. The Bertz CT molecular complexity index is 913. The van der Waals surface area contributed by atoms with Gasteiger partial charge in [-0.3, -0.25) is 4.79 Å². The first kappa shape index (κ1) is 18.4. The van der Waals surface area contributed by atoms with Crippen LogP contribution in [0.15, 0.2) is 12.1 Å². The van der Waals surface area contributed by atoms with Crippen molar-refractivity contribution in [1.29, 1.82) is 0 Å². The SMILES string of the molecule is COc1ccc(Cl)c2sc(NC(=O)[C@@H]3CCCN(S(C)(=O)=O)C3)nc12. The minimum atomic E-state index is -3.29. The monoisotopic (exact) mass is 403 g/mol. The first-order valence-electron chi connectivity index (χ1n) is 7.68. The standard InChI is InChI=1S/C15H18ClN3O4S2/c1-23-11-6-5-10(16)13-12(11)17-15(24-13)18-14(20)9-4-3-7-19(8-9)25(2,21)22/h5-6,9H,3-4,7-8H2,1-2H3,(H,17,18,20)/t9-/m1/s1. The van der Waals surface area contributed by atoms with Crippen molar-refractivity contribution in [3.63, 3.8) is 0 Å². The third-order valence-electron chi connectivity index (χ3n) is 4.13. The molecule has 1 fully saturated rings. The van der Waals surface area contributed by atoms with E-state index in [1.807, 2.05) is 0 Å². The van der Waals surface area contributed by atoms with Crippen molar-refractivity contribution in [2.45, 2.75) is 12.8 Å². The number of hydrogen-bond acceptors (Lipinski definition) is 6. The normalized spacial score (nSPS) is 19.1. The van der Waals surface area contributed by atoms with Gasteiger partial charge in [-0.1, -0.05) is 22.9 Å². The Morgan fingerprint density at radius 2 is 2.24 bits per heavy atom. The van der Waals surface area contributed by atoms with Crippen molar-refractivity contribution in [1.82, 2.24) is 9.29 Å². The summed E-state index contributed by atoms with van der Waals surface area (Å²) in [5, 5.41) is 3.74. The number of amides is 1. The first-order valence-corrected chi connectivity index (χ1v) is 10.7. The van der Waals surface area contributed by atoms with Crippen LogP contribution < -0.4 is 10.1 Å². The van der Waals surface area contributed by atoms with Crippen LogP contribution in [0.25, 0.3) is 10.2 Å². The van der Waals surface area contributed by atoms with Crippen LogP contribution in [0.2, 0.25) is 5.02 Å². The smallest absolute Gasteiger partial charge is 0.230 e. The van der Waals surface area contributed by atoms with E-state index in [-0.39, 0.29) is 12.5 Å². The minimum Gasteiger partial charge on any atom is -0.494 e. The van der Waals surface area contributed by atoms with Crippen LogP contribution in [-0.2, 0) is 14.8 Å². The molecule has 1 aromatic carbocycles. The summed E-state index contributed by atoms with van der Waals surface area (Å²) in [6.45, 7) is 0.649. The van der Waals surface area contributed by atoms with Crippen LogP contribution in [0, 0.1) is 5.92 Å². The first-order chi connectivity index (χ1) is 11.8. The van der Waals surface area contributed by atoms with Crippen LogP contribution in [-0.4, -0.2) is 50.1 Å². The number of ether oxygens (including phenoxy) is 1. The van der Waals surface area contributed by atoms with E-state index in [0.29, 0.717) is 40.8 Å². The fourth-order valence-electron chi connectivity index (χ4n) is 2.84. The molecule has 2 heterocycles. The lowest BCUT2D eigenvalue weighted by atomic mass is 9.99. The molecule has 0 spiro atoms. The Kier molecular flexibility index (Phi) is 5.19. The number of fused-ring (bicyclic) bond motifs is 1. The van der Waals surface area contributed by atoms with Crippen molar-refractivity contribution in [3.8, 4) is 5.75 Å². The number of nitrogens with one attached hydrogen (secondary N) is 1. The van der Waals surface area contributed by atoms with Gasteiger partial charge in [0.1, 0.15) is 11.3 Å². The number of rotatable bonds is 4. The van der Waals surface area contributed by atoms with Gasteiger partial charge < -0.3 is 10.1 Å². The van der Waals surface area contributed by atoms with Crippen molar-refractivity contribution < 1.29 is 17.9 Å². The van der Waals surface area contributed by atoms with Crippen LogP contribution in [0.5, 0.6) is 5.75 Å². The lowest BCUT2D eigenvalue weighted by Gasteiger charge is -2.29. The van der Waals surface area contributed by atoms with Gasteiger partial charge in [-0.25, -0.2) is 17.7 Å². The molecule has 1 aliphatic heterocycles. The number of anilines is 1. The summed E-state index contributed by atoms with van der Waals surface area (Å²) in [6, 6.07) is 3.44. The average Bonchev–Trinajstić information content (AvgIpc) is 2.99. The third kappa shape index (κ3) is 3.89. The Balaban J connectivity index is 1.79. The van der Waals surface area contributed by atoms with Gasteiger partial charge in [0.05, 0.1) is 29.0 Å². The van der Waals surface area contributed by atoms with Crippen LogP contribution >= 0.6 is 22.9 Å². The highest BCUT2D eigenvalue weighted by molar-refractivity contribution is 7.88. The van der Waals surface area contributed by atoms with Crippen molar-refractivity contribution in [2.75, 3.05) is 31.8 Å². The highest BCUT2D eigenvalue weighted by Crippen LogP contribution is 2.37. The minimum absolute atomic E-state index is 0.194. The second kappa shape index (κ2) is 7.06. The van der Waals surface area contributed by atoms with E-state index < -0.39 is 15.9 Å². The zero-order chi connectivity index (χ0) is 18.2. The van der Waals surface area contributed by atoms with Gasteiger partial charge >= 0.3 is 0 Å². The fourth-order valence-corrected chi connectivity index (χ4v) is 4.91. The number of aromatic nitrogens is 1. The van der Waals surface area contributed by atoms with Gasteiger partial charge in [0.25, 0.3) is 0 Å². The summed E-state index contributed by atoms with van der Waals surface area (Å²) < 4.78 is 30.7. The number of piperidine rings is 1. The molecule has 0 radical (unpaired) electrons. The highest BCUT2D eigenvalue weighted by Gasteiger charge is 2.30. The second-order valence-electron chi connectivity index (χ2n) is 5.90. The average molecular weight is 404 g/mol. The molecular weight excluding hydrogens is 386 g/mol. The van der Waals surface area contributed by atoms with E-state index in [1.54, 1.807) is 19.2 Å². The Labute approximate surface area is 155 Å². The number of carbonyl (C=O) groups is 1. The van der Waals surface area contributed by atoms with Crippen molar-refractivity contribution in [2.24, 2.45) is 5.92 Å². The number of hydrogen-bond donors (Lipinski definition) is 1. The lowest BCUT2D eigenvalue weighted by Crippen LogP contribution is -2.43. The Morgan fingerprint density at radius 1 is 1.48 bits per heavy atom. The number of thiazole rings is 1. The number of sulfonamides is 1. The molecule has 1 N–H and O–H groups in total. The summed E-state index contributed by atoms with van der Waals surface area (Å²) >= 11 is 7.45. The molecule has 1 saturated heterocycles. The topological polar surface area (TPSA) is 88.6 Å². The summed E-state index contributed by atoms with van der Waals surface area (Å²) in [7, 11) is -1.75. The third-order valence-corrected chi connectivity index (χ3v) is 6.83. The molecule has 0 unspecified atom stereocenters. The molecule has 136 valence electrons. The van der Waals surface area contributed by atoms with E-state index in [0.717, 1.165) is 11.0 Å². The molecule has 0 bridgehead atoms. The van der Waals surface area contributed by atoms with Gasteiger partial charge in [0.2, 0.25) is 15.9 Å². The van der Waals surface area contributed by atoms with Gasteiger partial charge in [-0.2, -0.15) is 0 Å². The summed E-state index contributed by atoms with van der Waals surface area (Å²) in [5.41, 5.74) is 0.594. The maximum Gasteiger partial charge on any atom is 0.230 e. The number of halogens is 1.